The fourth-order valence-corrected chi connectivity index (χ4v) is 2.28. The van der Waals surface area contributed by atoms with Gasteiger partial charge in [0, 0.05) is 10.0 Å². The number of rotatable bonds is 4. The van der Waals surface area contributed by atoms with Crippen molar-refractivity contribution in [3.63, 3.8) is 0 Å². The normalized spacial score (nSPS) is 10.2. The first-order valence-corrected chi connectivity index (χ1v) is 7.04. The van der Waals surface area contributed by atoms with E-state index in [0.29, 0.717) is 11.3 Å². The van der Waals surface area contributed by atoms with Gasteiger partial charge in [0.1, 0.15) is 0 Å². The third-order valence-corrected chi connectivity index (χ3v) is 3.44. The molecule has 0 aliphatic rings. The van der Waals surface area contributed by atoms with E-state index in [0.717, 1.165) is 10.0 Å². The lowest BCUT2D eigenvalue weighted by Crippen LogP contribution is -2.21. The molecule has 0 bridgehead atoms. The molecule has 0 fully saturated rings. The van der Waals surface area contributed by atoms with Crippen LogP contribution in [0.1, 0.15) is 21.7 Å². The van der Waals surface area contributed by atoms with Gasteiger partial charge in [-0.2, -0.15) is 0 Å². The predicted octanol–water partition coefficient (Wildman–Crippen LogP) is 3.45. The quantitative estimate of drug-likeness (QED) is 0.856. The highest BCUT2D eigenvalue weighted by atomic mass is 79.9. The number of amides is 1. The smallest absolute Gasteiger partial charge is 0.375 e. The van der Waals surface area contributed by atoms with Gasteiger partial charge in [0.2, 0.25) is 5.76 Å². The Bertz CT molecular complexity index is 678. The summed E-state index contributed by atoms with van der Waals surface area (Å²) in [7, 11) is 0. The molecule has 0 spiro atoms. The summed E-state index contributed by atoms with van der Waals surface area (Å²) in [6, 6.07) is 7.18. The van der Waals surface area contributed by atoms with Gasteiger partial charge >= 0.3 is 5.97 Å². The van der Waals surface area contributed by atoms with Crippen molar-refractivity contribution in [2.75, 3.05) is 11.9 Å². The second-order valence-corrected chi connectivity index (χ2v) is 5.39. The van der Waals surface area contributed by atoms with Crippen molar-refractivity contribution in [3.05, 3.63) is 51.9 Å². The van der Waals surface area contributed by atoms with Gasteiger partial charge in [0.25, 0.3) is 5.91 Å². The average molecular weight is 352 g/mol. The van der Waals surface area contributed by atoms with Crippen LogP contribution in [0.15, 0.2) is 39.4 Å². The van der Waals surface area contributed by atoms with Gasteiger partial charge < -0.3 is 14.5 Å². The van der Waals surface area contributed by atoms with Crippen LogP contribution in [0.2, 0.25) is 0 Å². The number of furan rings is 1. The van der Waals surface area contributed by atoms with Crippen molar-refractivity contribution >= 4 is 33.5 Å². The van der Waals surface area contributed by atoms with Crippen LogP contribution in [0.5, 0.6) is 0 Å². The van der Waals surface area contributed by atoms with Crippen LogP contribution in [-0.2, 0) is 9.53 Å². The topological polar surface area (TPSA) is 68.5 Å². The summed E-state index contributed by atoms with van der Waals surface area (Å²) < 4.78 is 10.7. The Hall–Kier alpha value is -2.08. The summed E-state index contributed by atoms with van der Waals surface area (Å²) in [5.74, 6) is -0.966. The Kier molecular flexibility index (Phi) is 4.80. The molecule has 1 amide bonds. The van der Waals surface area contributed by atoms with Crippen molar-refractivity contribution in [1.29, 1.82) is 0 Å². The second kappa shape index (κ2) is 6.58. The largest absolute Gasteiger partial charge is 0.457 e. The fraction of sp³-hybridized carbons (Fsp3) is 0.200. The summed E-state index contributed by atoms with van der Waals surface area (Å²) >= 11 is 3.36. The number of carbonyl (C=O) groups is 2. The highest BCUT2D eigenvalue weighted by Gasteiger charge is 2.16. The van der Waals surface area contributed by atoms with Crippen LogP contribution >= 0.6 is 15.9 Å². The third kappa shape index (κ3) is 3.95. The lowest BCUT2D eigenvalue weighted by atomic mass is 10.2. The second-order valence-electron chi connectivity index (χ2n) is 4.54. The average Bonchev–Trinajstić information content (AvgIpc) is 2.85. The zero-order valence-electron chi connectivity index (χ0n) is 11.6. The summed E-state index contributed by atoms with van der Waals surface area (Å²) in [5, 5.41) is 2.66. The van der Waals surface area contributed by atoms with Crippen LogP contribution < -0.4 is 5.32 Å². The van der Waals surface area contributed by atoms with Gasteiger partial charge in [-0.3, -0.25) is 4.79 Å². The fourth-order valence-electron chi connectivity index (χ4n) is 1.69. The molecule has 0 saturated heterocycles. The molecule has 1 heterocycles. The first-order chi connectivity index (χ1) is 9.97. The standard InChI is InChI=1S/C15H14BrNO4/c1-9-3-4-12(11(16)7-9)17-13(18)8-21-15(19)14-10(2)5-6-20-14/h3-7H,8H2,1-2H3,(H,17,18). The minimum absolute atomic E-state index is 0.110. The van der Waals surface area contributed by atoms with Gasteiger partial charge in [-0.1, -0.05) is 6.07 Å². The van der Waals surface area contributed by atoms with Gasteiger partial charge in [-0.05, 0) is 53.5 Å². The lowest BCUT2D eigenvalue weighted by molar-refractivity contribution is -0.119. The molecule has 110 valence electrons. The molecular weight excluding hydrogens is 338 g/mol. The molecule has 0 atom stereocenters. The maximum absolute atomic E-state index is 11.8. The first-order valence-electron chi connectivity index (χ1n) is 6.24. The minimum Gasteiger partial charge on any atom is -0.457 e. The van der Waals surface area contributed by atoms with Crippen LogP contribution in [0.3, 0.4) is 0 Å². The first kappa shape index (κ1) is 15.3. The van der Waals surface area contributed by atoms with Crippen LogP contribution in [0, 0.1) is 13.8 Å². The van der Waals surface area contributed by atoms with E-state index < -0.39 is 11.9 Å². The Labute approximate surface area is 130 Å². The van der Waals surface area contributed by atoms with Crippen molar-refractivity contribution in [2.24, 2.45) is 0 Å². The number of hydrogen-bond donors (Lipinski definition) is 1. The highest BCUT2D eigenvalue weighted by Crippen LogP contribution is 2.23. The van der Waals surface area contributed by atoms with Crippen molar-refractivity contribution in [3.8, 4) is 0 Å². The number of halogens is 1. The maximum atomic E-state index is 11.8. The minimum atomic E-state index is -0.657. The van der Waals surface area contributed by atoms with Crippen molar-refractivity contribution in [1.82, 2.24) is 0 Å². The zero-order chi connectivity index (χ0) is 15.4. The maximum Gasteiger partial charge on any atom is 0.375 e. The number of anilines is 1. The monoisotopic (exact) mass is 351 g/mol. The summed E-state index contributed by atoms with van der Waals surface area (Å²) in [6.07, 6.45) is 1.40. The molecule has 5 nitrogen and oxygen atoms in total. The molecule has 2 aromatic rings. The number of nitrogens with one attached hydrogen (secondary N) is 1. The van der Waals surface area contributed by atoms with E-state index in [1.165, 1.54) is 6.26 Å². The molecule has 21 heavy (non-hydrogen) atoms. The molecule has 1 aromatic carbocycles. The number of ether oxygens (including phenoxy) is 1. The summed E-state index contributed by atoms with van der Waals surface area (Å²) in [6.45, 7) is 3.30. The molecule has 0 aliphatic heterocycles. The third-order valence-electron chi connectivity index (χ3n) is 2.78. The van der Waals surface area contributed by atoms with E-state index in [-0.39, 0.29) is 12.4 Å². The Balaban J connectivity index is 1.90. The van der Waals surface area contributed by atoms with Gasteiger partial charge in [0.05, 0.1) is 12.0 Å². The predicted molar refractivity (Wildman–Crippen MR) is 81.2 cm³/mol. The van der Waals surface area contributed by atoms with E-state index in [1.807, 2.05) is 19.1 Å². The Morgan fingerprint density at radius 1 is 1.29 bits per heavy atom. The summed E-state index contributed by atoms with van der Waals surface area (Å²) in [5.41, 5.74) is 2.36. The molecule has 6 heteroatoms. The van der Waals surface area contributed by atoms with Crippen molar-refractivity contribution in [2.45, 2.75) is 13.8 Å². The summed E-state index contributed by atoms with van der Waals surface area (Å²) in [4.78, 5) is 23.5. The Morgan fingerprint density at radius 3 is 2.67 bits per heavy atom. The van der Waals surface area contributed by atoms with Crippen LogP contribution in [0.4, 0.5) is 5.69 Å². The molecule has 0 radical (unpaired) electrons. The number of benzene rings is 1. The molecule has 0 saturated carbocycles. The lowest BCUT2D eigenvalue weighted by Gasteiger charge is -2.08. The molecular formula is C15H14BrNO4. The van der Waals surface area contributed by atoms with Gasteiger partial charge in [0.15, 0.2) is 6.61 Å². The zero-order valence-corrected chi connectivity index (χ0v) is 13.2. The highest BCUT2D eigenvalue weighted by molar-refractivity contribution is 9.10. The SMILES string of the molecule is Cc1ccc(NC(=O)COC(=O)c2occc2C)c(Br)c1. The van der Waals surface area contributed by atoms with Crippen LogP contribution in [0.25, 0.3) is 0 Å². The van der Waals surface area contributed by atoms with E-state index in [2.05, 4.69) is 21.2 Å². The number of hydrogen-bond acceptors (Lipinski definition) is 4. The van der Waals surface area contributed by atoms with E-state index in [9.17, 15) is 9.59 Å². The number of aryl methyl sites for hydroxylation is 2. The molecule has 0 unspecified atom stereocenters. The van der Waals surface area contributed by atoms with E-state index in [4.69, 9.17) is 9.15 Å². The molecule has 1 aromatic heterocycles. The molecule has 0 aliphatic carbocycles. The number of esters is 1. The van der Waals surface area contributed by atoms with Crippen molar-refractivity contribution < 1.29 is 18.7 Å². The van der Waals surface area contributed by atoms with Gasteiger partial charge in [-0.25, -0.2) is 4.79 Å². The Morgan fingerprint density at radius 2 is 2.05 bits per heavy atom. The number of carbonyl (C=O) groups excluding carboxylic acids is 2. The van der Waals surface area contributed by atoms with E-state index in [1.54, 1.807) is 19.1 Å². The molecule has 2 rings (SSSR count). The van der Waals surface area contributed by atoms with E-state index >= 15 is 0 Å². The van der Waals surface area contributed by atoms with Crippen LogP contribution in [-0.4, -0.2) is 18.5 Å². The molecule has 1 N–H and O–H groups in total. The van der Waals surface area contributed by atoms with Gasteiger partial charge in [-0.15, -0.1) is 0 Å².